The number of nitrogens with two attached hydrogens (primary N) is 1. The molecule has 0 aromatic rings. The minimum Gasteiger partial charge on any atom is -0.465 e. The van der Waals surface area contributed by atoms with Gasteiger partial charge in [-0.1, -0.05) is 41.5 Å². The number of hydrogen-bond acceptors (Lipinski definition) is 3. The summed E-state index contributed by atoms with van der Waals surface area (Å²) in [6.45, 7) is 12.8. The molecule has 0 radical (unpaired) electrons. The van der Waals surface area contributed by atoms with Crippen molar-refractivity contribution in [1.29, 1.82) is 0 Å². The molecule has 0 heterocycles. The summed E-state index contributed by atoms with van der Waals surface area (Å²) < 4.78 is 5.19. The molecule has 0 amide bonds. The van der Waals surface area contributed by atoms with E-state index in [1.54, 1.807) is 0 Å². The van der Waals surface area contributed by atoms with Gasteiger partial charge in [0.2, 0.25) is 0 Å². The van der Waals surface area contributed by atoms with Crippen LogP contribution in [0.3, 0.4) is 0 Å². The van der Waals surface area contributed by atoms with Crippen molar-refractivity contribution in [3.63, 3.8) is 0 Å². The summed E-state index contributed by atoms with van der Waals surface area (Å²) in [4.78, 5) is 11.6. The first kappa shape index (κ1) is 15.4. The molecule has 0 rings (SSSR count). The largest absolute Gasteiger partial charge is 0.465 e. The van der Waals surface area contributed by atoms with Crippen LogP contribution in [0.1, 0.15) is 48.0 Å². The molecule has 0 spiro atoms. The molecule has 0 bridgehead atoms. The van der Waals surface area contributed by atoms with Crippen LogP contribution in [-0.2, 0) is 9.53 Å². The lowest BCUT2D eigenvalue weighted by atomic mass is 9.87. The third-order valence-corrected chi connectivity index (χ3v) is 3.14. The molecule has 96 valence electrons. The standard InChI is InChI=1S/C13H27NO2/c1-9(2)10(3)7-8-16-12(15)11(14)13(4,5)6/h9-11H,7-8,14H2,1-6H3. The van der Waals surface area contributed by atoms with Crippen LogP contribution in [0.5, 0.6) is 0 Å². The zero-order valence-corrected chi connectivity index (χ0v) is 11.5. The molecule has 0 aliphatic heterocycles. The lowest BCUT2D eigenvalue weighted by Crippen LogP contribution is -2.43. The van der Waals surface area contributed by atoms with E-state index in [-0.39, 0.29) is 11.4 Å². The Morgan fingerprint density at radius 2 is 1.75 bits per heavy atom. The SMILES string of the molecule is CC(C)C(C)CCOC(=O)C(N)C(C)(C)C. The Morgan fingerprint density at radius 3 is 2.12 bits per heavy atom. The molecular weight excluding hydrogens is 202 g/mol. The lowest BCUT2D eigenvalue weighted by molar-refractivity contribution is -0.148. The lowest BCUT2D eigenvalue weighted by Gasteiger charge is -2.25. The molecule has 0 aliphatic carbocycles. The van der Waals surface area contributed by atoms with E-state index in [1.807, 2.05) is 20.8 Å². The fourth-order valence-corrected chi connectivity index (χ4v) is 1.12. The van der Waals surface area contributed by atoms with E-state index in [2.05, 4.69) is 20.8 Å². The second kappa shape index (κ2) is 6.24. The Labute approximate surface area is 99.7 Å². The minimum absolute atomic E-state index is 0.235. The maximum atomic E-state index is 11.6. The molecule has 2 atom stereocenters. The van der Waals surface area contributed by atoms with Crippen LogP contribution >= 0.6 is 0 Å². The van der Waals surface area contributed by atoms with Crippen LogP contribution in [0, 0.1) is 17.3 Å². The highest BCUT2D eigenvalue weighted by atomic mass is 16.5. The summed E-state index contributed by atoms with van der Waals surface area (Å²) in [5.41, 5.74) is 5.56. The van der Waals surface area contributed by atoms with E-state index in [4.69, 9.17) is 10.5 Å². The van der Waals surface area contributed by atoms with E-state index in [0.29, 0.717) is 18.4 Å². The number of carbonyl (C=O) groups excluding carboxylic acids is 1. The number of ether oxygens (including phenoxy) is 1. The van der Waals surface area contributed by atoms with Crippen molar-refractivity contribution in [2.24, 2.45) is 23.0 Å². The van der Waals surface area contributed by atoms with E-state index in [9.17, 15) is 4.79 Å². The molecular formula is C13H27NO2. The Balaban J connectivity index is 3.91. The van der Waals surface area contributed by atoms with E-state index >= 15 is 0 Å². The Morgan fingerprint density at radius 1 is 1.25 bits per heavy atom. The van der Waals surface area contributed by atoms with Crippen molar-refractivity contribution < 1.29 is 9.53 Å². The maximum Gasteiger partial charge on any atom is 0.323 e. The zero-order valence-electron chi connectivity index (χ0n) is 11.5. The number of carbonyl (C=O) groups is 1. The fraction of sp³-hybridized carbons (Fsp3) is 0.923. The van der Waals surface area contributed by atoms with Crippen molar-refractivity contribution in [2.45, 2.75) is 54.0 Å². The van der Waals surface area contributed by atoms with Gasteiger partial charge in [-0.05, 0) is 23.7 Å². The van der Waals surface area contributed by atoms with E-state index in [1.165, 1.54) is 0 Å². The molecule has 0 aromatic carbocycles. The summed E-state index contributed by atoms with van der Waals surface area (Å²) in [6.07, 6.45) is 0.903. The van der Waals surface area contributed by atoms with Crippen LogP contribution in [0.25, 0.3) is 0 Å². The molecule has 0 saturated carbocycles. The summed E-state index contributed by atoms with van der Waals surface area (Å²) in [7, 11) is 0. The average Bonchev–Trinajstić information content (AvgIpc) is 2.14. The van der Waals surface area contributed by atoms with Crippen LogP contribution in [0.2, 0.25) is 0 Å². The third kappa shape index (κ3) is 5.50. The van der Waals surface area contributed by atoms with Gasteiger partial charge in [0.1, 0.15) is 6.04 Å². The fourth-order valence-electron chi connectivity index (χ4n) is 1.12. The highest BCUT2D eigenvalue weighted by Crippen LogP contribution is 2.19. The van der Waals surface area contributed by atoms with Crippen LogP contribution in [0.15, 0.2) is 0 Å². The zero-order chi connectivity index (χ0) is 12.9. The van der Waals surface area contributed by atoms with Gasteiger partial charge in [0.25, 0.3) is 0 Å². The second-order valence-electron chi connectivity index (χ2n) is 6.02. The predicted molar refractivity (Wildman–Crippen MR) is 67.0 cm³/mol. The normalized spacial score (nSPS) is 16.0. The van der Waals surface area contributed by atoms with Gasteiger partial charge in [0.05, 0.1) is 6.61 Å². The van der Waals surface area contributed by atoms with Crippen LogP contribution in [0.4, 0.5) is 0 Å². The van der Waals surface area contributed by atoms with Gasteiger partial charge in [0.15, 0.2) is 0 Å². The predicted octanol–water partition coefficient (Wildman–Crippen LogP) is 2.59. The smallest absolute Gasteiger partial charge is 0.323 e. The van der Waals surface area contributed by atoms with Gasteiger partial charge in [-0.15, -0.1) is 0 Å². The summed E-state index contributed by atoms with van der Waals surface area (Å²) in [5.74, 6) is 0.900. The molecule has 0 aliphatic rings. The van der Waals surface area contributed by atoms with Crippen molar-refractivity contribution >= 4 is 5.97 Å². The van der Waals surface area contributed by atoms with Gasteiger partial charge < -0.3 is 10.5 Å². The monoisotopic (exact) mass is 229 g/mol. The first-order valence-electron chi connectivity index (χ1n) is 6.08. The molecule has 3 heteroatoms. The Bertz CT molecular complexity index is 218. The van der Waals surface area contributed by atoms with Crippen molar-refractivity contribution in [1.82, 2.24) is 0 Å². The highest BCUT2D eigenvalue weighted by Gasteiger charge is 2.28. The molecule has 0 saturated heterocycles. The average molecular weight is 229 g/mol. The quantitative estimate of drug-likeness (QED) is 0.737. The van der Waals surface area contributed by atoms with Crippen molar-refractivity contribution in [2.75, 3.05) is 6.61 Å². The first-order valence-corrected chi connectivity index (χ1v) is 6.08. The van der Waals surface area contributed by atoms with E-state index < -0.39 is 6.04 Å². The molecule has 0 fully saturated rings. The van der Waals surface area contributed by atoms with Gasteiger partial charge in [-0.3, -0.25) is 4.79 Å². The van der Waals surface area contributed by atoms with Gasteiger partial charge in [-0.25, -0.2) is 0 Å². The molecule has 16 heavy (non-hydrogen) atoms. The number of esters is 1. The Hall–Kier alpha value is -0.570. The Kier molecular flexibility index (Phi) is 6.01. The summed E-state index contributed by atoms with van der Waals surface area (Å²) in [5, 5.41) is 0. The van der Waals surface area contributed by atoms with E-state index in [0.717, 1.165) is 6.42 Å². The third-order valence-electron chi connectivity index (χ3n) is 3.14. The molecule has 0 aromatic heterocycles. The van der Waals surface area contributed by atoms with Gasteiger partial charge in [-0.2, -0.15) is 0 Å². The summed E-state index contributed by atoms with van der Waals surface area (Å²) in [6, 6.07) is -0.540. The van der Waals surface area contributed by atoms with Crippen molar-refractivity contribution in [3.8, 4) is 0 Å². The number of rotatable bonds is 5. The summed E-state index contributed by atoms with van der Waals surface area (Å²) >= 11 is 0. The van der Waals surface area contributed by atoms with Crippen LogP contribution in [-0.4, -0.2) is 18.6 Å². The van der Waals surface area contributed by atoms with Crippen LogP contribution < -0.4 is 5.73 Å². The molecule has 3 nitrogen and oxygen atoms in total. The maximum absolute atomic E-state index is 11.6. The number of hydrogen-bond donors (Lipinski definition) is 1. The molecule has 2 unspecified atom stereocenters. The molecule has 2 N–H and O–H groups in total. The second-order valence-corrected chi connectivity index (χ2v) is 6.02. The van der Waals surface area contributed by atoms with Gasteiger partial charge in [0, 0.05) is 0 Å². The minimum atomic E-state index is -0.540. The highest BCUT2D eigenvalue weighted by molar-refractivity contribution is 5.76. The first-order chi connectivity index (χ1) is 7.16. The van der Waals surface area contributed by atoms with Gasteiger partial charge >= 0.3 is 5.97 Å². The van der Waals surface area contributed by atoms with Crippen molar-refractivity contribution in [3.05, 3.63) is 0 Å². The topological polar surface area (TPSA) is 52.3 Å².